The number of halogens is 1. The van der Waals surface area contributed by atoms with E-state index >= 15 is 0 Å². The molecule has 2 aliphatic rings. The second-order valence-corrected chi connectivity index (χ2v) is 13.8. The van der Waals surface area contributed by atoms with E-state index in [2.05, 4.69) is 39.5 Å². The molecule has 1 aliphatic carbocycles. The summed E-state index contributed by atoms with van der Waals surface area (Å²) >= 11 is 6.29. The number of nitrogens with zero attached hydrogens (tertiary/aromatic N) is 4. The van der Waals surface area contributed by atoms with Crippen molar-refractivity contribution in [1.82, 2.24) is 29.8 Å². The molecule has 2 fully saturated rings. The Bertz CT molecular complexity index is 1510. The quantitative estimate of drug-likeness (QED) is 0.197. The van der Waals surface area contributed by atoms with Crippen molar-refractivity contribution in [3.05, 3.63) is 53.3 Å². The van der Waals surface area contributed by atoms with Crippen molar-refractivity contribution < 1.29 is 17.9 Å². The summed E-state index contributed by atoms with van der Waals surface area (Å²) in [7, 11) is -4.26. The molecule has 3 aromatic heterocycles. The lowest BCUT2D eigenvalue weighted by molar-refractivity contribution is 0.0981. The van der Waals surface area contributed by atoms with E-state index in [1.165, 1.54) is 48.6 Å². The molecule has 3 N–H and O–H groups in total. The number of sulfonamides is 1. The number of ether oxygens (including phenoxy) is 1. The minimum absolute atomic E-state index is 0.0901. The van der Waals surface area contributed by atoms with Gasteiger partial charge in [0.2, 0.25) is 5.88 Å². The third-order valence-corrected chi connectivity index (χ3v) is 9.33. The van der Waals surface area contributed by atoms with Crippen molar-refractivity contribution in [1.29, 1.82) is 0 Å². The number of hydrogen-bond donors (Lipinski definition) is 3. The molecule has 1 atom stereocenters. The predicted octanol–water partition coefficient (Wildman–Crippen LogP) is 4.58. The Morgan fingerprint density at radius 3 is 2.69 bits per heavy atom. The molecule has 42 heavy (non-hydrogen) atoms. The van der Waals surface area contributed by atoms with E-state index in [0.717, 1.165) is 25.8 Å². The fourth-order valence-corrected chi connectivity index (χ4v) is 6.77. The molecular weight excluding hydrogens is 578 g/mol. The van der Waals surface area contributed by atoms with Gasteiger partial charge in [0, 0.05) is 24.3 Å². The Hall–Kier alpha value is -3.22. The van der Waals surface area contributed by atoms with Crippen LogP contribution >= 0.6 is 11.6 Å². The number of hydrogen-bond acceptors (Lipinski definition) is 9. The highest BCUT2D eigenvalue weighted by Crippen LogP contribution is 2.27. The third-order valence-electron chi connectivity index (χ3n) is 7.81. The first-order valence-electron chi connectivity index (χ1n) is 14.5. The maximum Gasteiger partial charge on any atom is 0.281 e. The molecule has 5 rings (SSSR count). The highest BCUT2D eigenvalue weighted by atomic mass is 35.5. The largest absolute Gasteiger partial charge is 0.476 e. The molecule has 0 aromatic carbocycles. The van der Waals surface area contributed by atoms with Crippen LogP contribution in [0.1, 0.15) is 69.2 Å². The van der Waals surface area contributed by atoms with Crippen molar-refractivity contribution in [2.75, 3.05) is 25.0 Å². The van der Waals surface area contributed by atoms with Crippen molar-refractivity contribution in [2.45, 2.75) is 69.4 Å². The monoisotopic (exact) mass is 615 g/mol. The van der Waals surface area contributed by atoms with Crippen LogP contribution in [0.15, 0.2) is 47.6 Å². The number of aromatic nitrogens is 4. The number of amides is 1. The first-order chi connectivity index (χ1) is 20.1. The van der Waals surface area contributed by atoms with Crippen molar-refractivity contribution in [2.24, 2.45) is 11.8 Å². The van der Waals surface area contributed by atoms with Gasteiger partial charge >= 0.3 is 0 Å². The average Bonchev–Trinajstić information content (AvgIpc) is 3.71. The van der Waals surface area contributed by atoms with Crippen molar-refractivity contribution >= 4 is 33.3 Å². The summed E-state index contributed by atoms with van der Waals surface area (Å²) in [5.41, 5.74) is 0.0927. The summed E-state index contributed by atoms with van der Waals surface area (Å²) in [6, 6.07) is 9.29. The van der Waals surface area contributed by atoms with Crippen LogP contribution in [0.5, 0.6) is 5.88 Å². The highest BCUT2D eigenvalue weighted by Gasteiger charge is 2.29. The number of pyridine rings is 2. The molecule has 0 bridgehead atoms. The predicted molar refractivity (Wildman–Crippen MR) is 161 cm³/mol. The lowest BCUT2D eigenvalue weighted by Crippen LogP contribution is -2.31. The van der Waals surface area contributed by atoms with Crippen LogP contribution in [0.4, 0.5) is 5.82 Å². The van der Waals surface area contributed by atoms with Crippen LogP contribution in [0.3, 0.4) is 0 Å². The van der Waals surface area contributed by atoms with Crippen LogP contribution < -0.4 is 20.1 Å². The van der Waals surface area contributed by atoms with E-state index in [4.69, 9.17) is 16.3 Å². The fourth-order valence-electron chi connectivity index (χ4n) is 5.60. The first-order valence-corrected chi connectivity index (χ1v) is 16.3. The van der Waals surface area contributed by atoms with Crippen LogP contribution in [0.2, 0.25) is 5.15 Å². The Morgan fingerprint density at radius 1 is 1.14 bits per heavy atom. The summed E-state index contributed by atoms with van der Waals surface area (Å²) < 4.78 is 35.3. The van der Waals surface area contributed by atoms with Crippen molar-refractivity contribution in [3.63, 3.8) is 0 Å². The van der Waals surface area contributed by atoms with Gasteiger partial charge in [0.1, 0.15) is 11.0 Å². The standard InChI is InChI=1S/C29H38ClN7O4S/c1-29(2)17-21(18-32-29)9-6-15-31-23-10-5-11-26(33-23)42(39,40)36-28(38)22-12-13-24(34-27(22)30)37-16-14-25(35-37)41-19-20-7-3-4-8-20/h5,10-14,16,20-21,32H,3-4,6-9,15,17-19H2,1-2H3,(H,31,33)(H,36,38). The molecule has 11 nitrogen and oxygen atoms in total. The van der Waals surface area contributed by atoms with Gasteiger partial charge in [-0.15, -0.1) is 5.10 Å². The van der Waals surface area contributed by atoms with Crippen LogP contribution in [-0.2, 0) is 10.0 Å². The molecule has 0 spiro atoms. The smallest absolute Gasteiger partial charge is 0.281 e. The molecule has 3 aromatic rings. The lowest BCUT2D eigenvalue weighted by Gasteiger charge is -2.17. The van der Waals surface area contributed by atoms with Gasteiger partial charge < -0.3 is 15.4 Å². The van der Waals surface area contributed by atoms with Gasteiger partial charge in [-0.05, 0) is 88.6 Å². The number of carbonyl (C=O) groups is 1. The zero-order valence-corrected chi connectivity index (χ0v) is 25.5. The van der Waals surface area contributed by atoms with Gasteiger partial charge in [-0.1, -0.05) is 30.5 Å². The molecule has 1 unspecified atom stereocenters. The topological polar surface area (TPSA) is 140 Å². The molecule has 1 aliphatic heterocycles. The molecular formula is C29H38ClN7O4S. The zero-order chi connectivity index (χ0) is 29.7. The molecule has 1 saturated heterocycles. The first kappa shape index (κ1) is 30.2. The molecule has 13 heteroatoms. The Kier molecular flexibility index (Phi) is 9.34. The highest BCUT2D eigenvalue weighted by molar-refractivity contribution is 7.90. The fraction of sp³-hybridized carbons (Fsp3) is 0.517. The maximum absolute atomic E-state index is 13.0. The summed E-state index contributed by atoms with van der Waals surface area (Å²) in [6.07, 6.45) is 9.66. The Morgan fingerprint density at radius 2 is 1.95 bits per heavy atom. The average molecular weight is 616 g/mol. The van der Waals surface area contributed by atoms with E-state index in [9.17, 15) is 13.2 Å². The summed E-state index contributed by atoms with van der Waals surface area (Å²) in [5.74, 6) is 1.54. The molecule has 1 saturated carbocycles. The Balaban J connectivity index is 1.15. The number of anilines is 1. The summed E-state index contributed by atoms with van der Waals surface area (Å²) in [6.45, 7) is 6.73. The summed E-state index contributed by atoms with van der Waals surface area (Å²) in [4.78, 5) is 21.3. The maximum atomic E-state index is 13.0. The van der Waals surface area contributed by atoms with Crippen LogP contribution in [0.25, 0.3) is 5.82 Å². The normalized spacial score (nSPS) is 18.7. The van der Waals surface area contributed by atoms with Crippen molar-refractivity contribution in [3.8, 4) is 11.7 Å². The molecule has 0 radical (unpaired) electrons. The summed E-state index contributed by atoms with van der Waals surface area (Å²) in [5, 5.41) is 10.7. The minimum atomic E-state index is -4.26. The Labute approximate surface area is 251 Å². The van der Waals surface area contributed by atoms with E-state index in [0.29, 0.717) is 42.5 Å². The van der Waals surface area contributed by atoms with E-state index in [-0.39, 0.29) is 21.3 Å². The molecule has 1 amide bonds. The molecule has 226 valence electrons. The molecule has 4 heterocycles. The SMILES string of the molecule is CC1(C)CC(CCCNc2cccc(S(=O)(=O)NC(=O)c3ccc(-n4ccc(OCC5CCCC5)n4)nc3Cl)n2)CN1. The van der Waals surface area contributed by atoms with Crippen LogP contribution in [0, 0.1) is 11.8 Å². The van der Waals surface area contributed by atoms with Gasteiger partial charge in [0.15, 0.2) is 10.8 Å². The van der Waals surface area contributed by atoms with Gasteiger partial charge in [-0.25, -0.2) is 19.4 Å². The van der Waals surface area contributed by atoms with Crippen LogP contribution in [-0.4, -0.2) is 59.3 Å². The van der Waals surface area contributed by atoms with E-state index in [1.54, 1.807) is 24.4 Å². The second-order valence-electron chi connectivity index (χ2n) is 11.8. The number of carbonyl (C=O) groups excluding carboxylic acids is 1. The van der Waals surface area contributed by atoms with Gasteiger partial charge in [-0.3, -0.25) is 4.79 Å². The van der Waals surface area contributed by atoms with Gasteiger partial charge in [-0.2, -0.15) is 8.42 Å². The van der Waals surface area contributed by atoms with E-state index < -0.39 is 15.9 Å². The van der Waals surface area contributed by atoms with Gasteiger partial charge in [0.05, 0.1) is 12.2 Å². The zero-order valence-electron chi connectivity index (χ0n) is 24.0. The minimum Gasteiger partial charge on any atom is -0.476 e. The third kappa shape index (κ3) is 7.78. The van der Waals surface area contributed by atoms with E-state index in [1.807, 2.05) is 4.72 Å². The second kappa shape index (κ2) is 13.0. The number of rotatable bonds is 12. The van der Waals surface area contributed by atoms with Gasteiger partial charge in [0.25, 0.3) is 15.9 Å². The number of nitrogens with one attached hydrogen (secondary N) is 3. The lowest BCUT2D eigenvalue weighted by atomic mass is 9.94.